The Kier molecular flexibility index (Phi) is 5.62. The van der Waals surface area contributed by atoms with Crippen molar-refractivity contribution < 1.29 is 9.47 Å². The van der Waals surface area contributed by atoms with E-state index >= 15 is 0 Å². The average molecular weight is 456 g/mol. The third-order valence-electron chi connectivity index (χ3n) is 5.21. The summed E-state index contributed by atoms with van der Waals surface area (Å²) in [6.07, 6.45) is 1.82. The van der Waals surface area contributed by atoms with Gasteiger partial charge in [-0.25, -0.2) is 0 Å². The summed E-state index contributed by atoms with van der Waals surface area (Å²) < 4.78 is 13.4. The molecule has 7 heteroatoms. The molecule has 0 spiro atoms. The van der Waals surface area contributed by atoms with Crippen LogP contribution in [0, 0.1) is 6.92 Å². The predicted octanol–water partition coefficient (Wildman–Crippen LogP) is 4.26. The quantitative estimate of drug-likeness (QED) is 0.383. The van der Waals surface area contributed by atoms with E-state index in [2.05, 4.69) is 29.1 Å². The van der Waals surface area contributed by atoms with Crippen molar-refractivity contribution in [2.75, 3.05) is 7.11 Å². The molecule has 0 amide bonds. The number of benzene rings is 3. The molecule has 2 heterocycles. The molecule has 33 heavy (non-hydrogen) atoms. The van der Waals surface area contributed by atoms with Crippen LogP contribution in [0.3, 0.4) is 0 Å². The maximum absolute atomic E-state index is 12.9. The smallest absolute Gasteiger partial charge is 0.291 e. The van der Waals surface area contributed by atoms with E-state index in [4.69, 9.17) is 9.47 Å². The van der Waals surface area contributed by atoms with Crippen LogP contribution < -0.4 is 19.6 Å². The second-order valence-corrected chi connectivity index (χ2v) is 8.61. The lowest BCUT2D eigenvalue weighted by Gasteiger charge is -2.11. The van der Waals surface area contributed by atoms with Gasteiger partial charge in [0.2, 0.25) is 4.96 Å². The van der Waals surface area contributed by atoms with Crippen molar-refractivity contribution in [1.82, 2.24) is 14.6 Å². The molecule has 0 saturated carbocycles. The van der Waals surface area contributed by atoms with Crippen molar-refractivity contribution in [2.24, 2.45) is 0 Å². The van der Waals surface area contributed by atoms with Gasteiger partial charge in [-0.3, -0.25) is 4.79 Å². The normalized spacial score (nSPS) is 11.8. The number of methoxy groups -OCH3 is 1. The summed E-state index contributed by atoms with van der Waals surface area (Å²) in [5.74, 6) is 1.80. The van der Waals surface area contributed by atoms with Crippen LogP contribution in [0.2, 0.25) is 0 Å². The van der Waals surface area contributed by atoms with Crippen molar-refractivity contribution in [2.45, 2.75) is 13.5 Å². The fourth-order valence-electron chi connectivity index (χ4n) is 3.43. The first-order valence-corrected chi connectivity index (χ1v) is 11.3. The number of fused-ring (bicyclic) bond motifs is 1. The molecule has 3 aromatic carbocycles. The van der Waals surface area contributed by atoms with Gasteiger partial charge in [0.05, 0.1) is 11.6 Å². The molecule has 164 valence electrons. The Balaban J connectivity index is 1.41. The maximum atomic E-state index is 12.9. The van der Waals surface area contributed by atoms with Crippen molar-refractivity contribution in [3.05, 3.63) is 104 Å². The van der Waals surface area contributed by atoms with Gasteiger partial charge in [-0.05, 0) is 36.3 Å². The van der Waals surface area contributed by atoms with Crippen LogP contribution in [0.4, 0.5) is 0 Å². The van der Waals surface area contributed by atoms with Gasteiger partial charge < -0.3 is 9.47 Å². The van der Waals surface area contributed by atoms with E-state index in [0.29, 0.717) is 33.4 Å². The lowest BCUT2D eigenvalue weighted by Crippen LogP contribution is -2.23. The van der Waals surface area contributed by atoms with E-state index in [9.17, 15) is 4.79 Å². The Bertz CT molecular complexity index is 1520. The molecular weight excluding hydrogens is 434 g/mol. The third-order valence-corrected chi connectivity index (χ3v) is 6.17. The zero-order chi connectivity index (χ0) is 22.8. The third kappa shape index (κ3) is 4.36. The standard InChI is InChI=1S/C26H21N3O3S/c1-17-8-10-18(11-9-17)16-32-21-13-12-19(14-22(21)31-2)15-23-25(30)29-26(33-23)27-24(28-29)20-6-4-3-5-7-20/h3-15H,16H2,1-2H3/b23-15-. The van der Waals surface area contributed by atoms with Gasteiger partial charge in [-0.1, -0.05) is 77.6 Å². The van der Waals surface area contributed by atoms with Crippen molar-refractivity contribution in [3.63, 3.8) is 0 Å². The summed E-state index contributed by atoms with van der Waals surface area (Å²) in [4.78, 5) is 17.9. The Hall–Kier alpha value is -3.97. The molecule has 0 bridgehead atoms. The number of nitrogens with zero attached hydrogens (tertiary/aromatic N) is 3. The number of rotatable bonds is 6. The zero-order valence-electron chi connectivity index (χ0n) is 18.2. The minimum absolute atomic E-state index is 0.191. The topological polar surface area (TPSA) is 65.7 Å². The minimum Gasteiger partial charge on any atom is -0.493 e. The lowest BCUT2D eigenvalue weighted by molar-refractivity contribution is 0.284. The van der Waals surface area contributed by atoms with Crippen LogP contribution >= 0.6 is 11.3 Å². The summed E-state index contributed by atoms with van der Waals surface area (Å²) in [7, 11) is 1.60. The van der Waals surface area contributed by atoms with Crippen molar-refractivity contribution >= 4 is 22.4 Å². The second-order valence-electron chi connectivity index (χ2n) is 7.60. The molecule has 0 unspecified atom stereocenters. The van der Waals surface area contributed by atoms with Crippen molar-refractivity contribution in [1.29, 1.82) is 0 Å². The van der Waals surface area contributed by atoms with Gasteiger partial charge in [0.25, 0.3) is 5.56 Å². The van der Waals surface area contributed by atoms with Gasteiger partial charge in [-0.15, -0.1) is 5.10 Å². The summed E-state index contributed by atoms with van der Waals surface area (Å²) in [6.45, 7) is 2.50. The van der Waals surface area contributed by atoms with Crippen molar-refractivity contribution in [3.8, 4) is 22.9 Å². The van der Waals surface area contributed by atoms with Gasteiger partial charge in [0.15, 0.2) is 17.3 Å². The minimum atomic E-state index is -0.191. The largest absolute Gasteiger partial charge is 0.493 e. The molecular formula is C26H21N3O3S. The fraction of sp³-hybridized carbons (Fsp3) is 0.115. The van der Waals surface area contributed by atoms with Crippen LogP contribution in [0.1, 0.15) is 16.7 Å². The molecule has 0 N–H and O–H groups in total. The van der Waals surface area contributed by atoms with Gasteiger partial charge >= 0.3 is 0 Å². The number of aryl methyl sites for hydroxylation is 1. The summed E-state index contributed by atoms with van der Waals surface area (Å²) in [5.41, 5.74) is 3.81. The molecule has 0 radical (unpaired) electrons. The maximum Gasteiger partial charge on any atom is 0.291 e. The lowest BCUT2D eigenvalue weighted by atomic mass is 10.1. The molecule has 0 saturated heterocycles. The highest BCUT2D eigenvalue weighted by Gasteiger charge is 2.12. The van der Waals surface area contributed by atoms with Crippen LogP contribution in [0.25, 0.3) is 22.4 Å². The summed E-state index contributed by atoms with van der Waals surface area (Å²) in [6, 6.07) is 23.4. The molecule has 5 rings (SSSR count). The predicted molar refractivity (Wildman–Crippen MR) is 130 cm³/mol. The van der Waals surface area contributed by atoms with E-state index in [1.54, 1.807) is 7.11 Å². The fourth-order valence-corrected chi connectivity index (χ4v) is 4.34. The molecule has 0 atom stereocenters. The second kappa shape index (κ2) is 8.88. The van der Waals surface area contributed by atoms with Crippen LogP contribution in [0.5, 0.6) is 11.5 Å². The Morgan fingerprint density at radius 1 is 1.00 bits per heavy atom. The number of aromatic nitrogens is 3. The van der Waals surface area contributed by atoms with E-state index in [1.807, 2.05) is 66.7 Å². The molecule has 6 nitrogen and oxygen atoms in total. The SMILES string of the molecule is COc1cc(/C=c2\sc3nc(-c4ccccc4)nn3c2=O)ccc1OCc1ccc(C)cc1. The van der Waals surface area contributed by atoms with Crippen LogP contribution in [0.15, 0.2) is 77.6 Å². The molecule has 0 aliphatic heterocycles. The van der Waals surface area contributed by atoms with Crippen LogP contribution in [-0.4, -0.2) is 21.7 Å². The summed E-state index contributed by atoms with van der Waals surface area (Å²) in [5, 5.41) is 4.39. The highest BCUT2D eigenvalue weighted by molar-refractivity contribution is 7.15. The van der Waals surface area contributed by atoms with Crippen LogP contribution in [-0.2, 0) is 6.61 Å². The monoisotopic (exact) mass is 455 g/mol. The Morgan fingerprint density at radius 2 is 1.79 bits per heavy atom. The van der Waals surface area contributed by atoms with E-state index < -0.39 is 0 Å². The molecule has 0 aliphatic carbocycles. The number of ether oxygens (including phenoxy) is 2. The van der Waals surface area contributed by atoms with Gasteiger partial charge in [-0.2, -0.15) is 9.50 Å². The Labute approximate surface area is 194 Å². The van der Waals surface area contributed by atoms with Gasteiger partial charge in [0.1, 0.15) is 6.61 Å². The van der Waals surface area contributed by atoms with E-state index in [1.165, 1.54) is 21.4 Å². The first-order chi connectivity index (χ1) is 16.1. The molecule has 5 aromatic rings. The Morgan fingerprint density at radius 3 is 2.52 bits per heavy atom. The first kappa shape index (κ1) is 20.9. The highest BCUT2D eigenvalue weighted by atomic mass is 32.1. The average Bonchev–Trinajstić information content (AvgIpc) is 3.39. The highest BCUT2D eigenvalue weighted by Crippen LogP contribution is 2.29. The molecule has 0 aliphatic rings. The first-order valence-electron chi connectivity index (χ1n) is 10.4. The molecule has 2 aromatic heterocycles. The van der Waals surface area contributed by atoms with E-state index in [-0.39, 0.29) is 5.56 Å². The van der Waals surface area contributed by atoms with Gasteiger partial charge in [0, 0.05) is 5.56 Å². The summed E-state index contributed by atoms with van der Waals surface area (Å²) >= 11 is 1.31. The van der Waals surface area contributed by atoms with E-state index in [0.717, 1.165) is 16.7 Å². The number of hydrogen-bond donors (Lipinski definition) is 0. The zero-order valence-corrected chi connectivity index (χ0v) is 19.0. The molecule has 0 fully saturated rings. The number of thiazole rings is 1. The number of hydrogen-bond acceptors (Lipinski definition) is 6.